The molecule has 4 nitrogen and oxygen atoms in total. The smallest absolute Gasteiger partial charge is 0.146 e. The van der Waals surface area contributed by atoms with Gasteiger partial charge in [0.15, 0.2) is 0 Å². The number of aliphatic hydroxyl groups is 1. The molecule has 5 heteroatoms. The molecule has 0 aliphatic rings. The van der Waals surface area contributed by atoms with Gasteiger partial charge in [-0.1, -0.05) is 6.92 Å². The van der Waals surface area contributed by atoms with E-state index in [9.17, 15) is 5.11 Å². The van der Waals surface area contributed by atoms with Crippen molar-refractivity contribution in [2.24, 2.45) is 0 Å². The number of hydrogen-bond donors (Lipinski definition) is 1. The number of aliphatic hydroxyl groups excluding tert-OH is 1. The van der Waals surface area contributed by atoms with Crippen molar-refractivity contribution < 1.29 is 9.84 Å². The van der Waals surface area contributed by atoms with Crippen LogP contribution in [0.25, 0.3) is 0 Å². The second-order valence-electron chi connectivity index (χ2n) is 3.78. The molecule has 0 spiro atoms. The molecule has 0 aromatic carbocycles. The van der Waals surface area contributed by atoms with Gasteiger partial charge < -0.3 is 9.84 Å². The first-order chi connectivity index (χ1) is 8.69. The number of ether oxygens (including phenoxy) is 1. The van der Waals surface area contributed by atoms with Gasteiger partial charge in [0, 0.05) is 10.7 Å². The van der Waals surface area contributed by atoms with Gasteiger partial charge in [-0.15, -0.1) is 0 Å². The van der Waals surface area contributed by atoms with Crippen LogP contribution in [-0.2, 0) is 0 Å². The maximum absolute atomic E-state index is 9.63. The summed E-state index contributed by atoms with van der Waals surface area (Å²) in [5.41, 5.74) is 0.650. The number of pyridine rings is 2. The molecule has 0 radical (unpaired) electrons. The standard InChI is InChI=1S/C13H13BrN2O2/c1-2-13(17)12-4-3-10(8-16-12)18-11-5-9(14)6-15-7-11/h3-8,13,17H,2H2,1H3. The molecule has 18 heavy (non-hydrogen) atoms. The van der Waals surface area contributed by atoms with E-state index in [1.807, 2.05) is 13.0 Å². The average Bonchev–Trinajstić information content (AvgIpc) is 2.39. The van der Waals surface area contributed by atoms with Crippen LogP contribution in [0.1, 0.15) is 25.1 Å². The summed E-state index contributed by atoms with van der Waals surface area (Å²) >= 11 is 3.32. The second-order valence-corrected chi connectivity index (χ2v) is 4.70. The third kappa shape index (κ3) is 3.27. The molecular weight excluding hydrogens is 296 g/mol. The molecule has 0 amide bonds. The highest BCUT2D eigenvalue weighted by atomic mass is 79.9. The van der Waals surface area contributed by atoms with Crippen LogP contribution in [0.15, 0.2) is 41.3 Å². The maximum atomic E-state index is 9.63. The minimum Gasteiger partial charge on any atom is -0.454 e. The zero-order chi connectivity index (χ0) is 13.0. The molecule has 94 valence electrons. The predicted octanol–water partition coefficient (Wildman–Crippen LogP) is 3.47. The SMILES string of the molecule is CCC(O)c1ccc(Oc2cncc(Br)c2)cn1. The summed E-state index contributed by atoms with van der Waals surface area (Å²) in [5.74, 6) is 1.25. The van der Waals surface area contributed by atoms with Gasteiger partial charge in [-0.05, 0) is 40.5 Å². The third-order valence-electron chi connectivity index (χ3n) is 2.40. The van der Waals surface area contributed by atoms with Crippen molar-refractivity contribution in [3.05, 3.63) is 47.0 Å². The predicted molar refractivity (Wildman–Crippen MR) is 71.5 cm³/mol. The lowest BCUT2D eigenvalue weighted by molar-refractivity contribution is 0.169. The van der Waals surface area contributed by atoms with E-state index in [-0.39, 0.29) is 0 Å². The Morgan fingerprint density at radius 1 is 1.28 bits per heavy atom. The summed E-state index contributed by atoms with van der Waals surface area (Å²) in [6, 6.07) is 5.36. The van der Waals surface area contributed by atoms with E-state index in [4.69, 9.17) is 4.74 Å². The fraction of sp³-hybridized carbons (Fsp3) is 0.231. The summed E-state index contributed by atoms with van der Waals surface area (Å²) in [6.45, 7) is 1.91. The normalized spacial score (nSPS) is 12.2. The van der Waals surface area contributed by atoms with Crippen LogP contribution in [-0.4, -0.2) is 15.1 Å². The molecule has 0 saturated heterocycles. The fourth-order valence-corrected chi connectivity index (χ4v) is 1.79. The highest BCUT2D eigenvalue weighted by molar-refractivity contribution is 9.10. The zero-order valence-electron chi connectivity index (χ0n) is 9.88. The lowest BCUT2D eigenvalue weighted by Gasteiger charge is -2.08. The Morgan fingerprint density at radius 2 is 2.11 bits per heavy atom. The lowest BCUT2D eigenvalue weighted by atomic mass is 10.2. The molecule has 0 aliphatic carbocycles. The van der Waals surface area contributed by atoms with Crippen molar-refractivity contribution in [1.82, 2.24) is 9.97 Å². The molecule has 0 bridgehead atoms. The van der Waals surface area contributed by atoms with Crippen LogP contribution in [0.3, 0.4) is 0 Å². The summed E-state index contributed by atoms with van der Waals surface area (Å²) in [7, 11) is 0. The molecule has 2 aromatic rings. The largest absolute Gasteiger partial charge is 0.454 e. The number of halogens is 1. The van der Waals surface area contributed by atoms with Gasteiger partial charge in [-0.3, -0.25) is 9.97 Å². The van der Waals surface area contributed by atoms with Crippen molar-refractivity contribution in [3.63, 3.8) is 0 Å². The Balaban J connectivity index is 2.11. The monoisotopic (exact) mass is 308 g/mol. The van der Waals surface area contributed by atoms with Crippen molar-refractivity contribution in [3.8, 4) is 11.5 Å². The molecule has 2 aromatic heterocycles. The first kappa shape index (κ1) is 13.0. The number of rotatable bonds is 4. The van der Waals surface area contributed by atoms with E-state index < -0.39 is 6.10 Å². The molecule has 1 unspecified atom stereocenters. The molecule has 1 N–H and O–H groups in total. The first-order valence-electron chi connectivity index (χ1n) is 5.61. The van der Waals surface area contributed by atoms with Crippen LogP contribution in [0.5, 0.6) is 11.5 Å². The van der Waals surface area contributed by atoms with Crippen molar-refractivity contribution in [1.29, 1.82) is 0 Å². The van der Waals surface area contributed by atoms with Crippen LogP contribution < -0.4 is 4.74 Å². The Morgan fingerprint density at radius 3 is 2.72 bits per heavy atom. The number of nitrogens with zero attached hydrogens (tertiary/aromatic N) is 2. The molecule has 2 heterocycles. The Hall–Kier alpha value is -1.46. The van der Waals surface area contributed by atoms with Gasteiger partial charge in [0.1, 0.15) is 11.5 Å². The molecule has 1 atom stereocenters. The minimum atomic E-state index is -0.522. The Bertz CT molecular complexity index is 517. The third-order valence-corrected chi connectivity index (χ3v) is 2.84. The summed E-state index contributed by atoms with van der Waals surface area (Å²) in [5, 5.41) is 9.63. The average molecular weight is 309 g/mol. The lowest BCUT2D eigenvalue weighted by Crippen LogP contribution is -1.98. The van der Waals surface area contributed by atoms with Crippen LogP contribution >= 0.6 is 15.9 Å². The zero-order valence-corrected chi connectivity index (χ0v) is 11.5. The maximum Gasteiger partial charge on any atom is 0.146 e. The van der Waals surface area contributed by atoms with Crippen molar-refractivity contribution in [2.45, 2.75) is 19.4 Å². The van der Waals surface area contributed by atoms with E-state index in [2.05, 4.69) is 25.9 Å². The highest BCUT2D eigenvalue weighted by Gasteiger charge is 2.06. The van der Waals surface area contributed by atoms with Gasteiger partial charge in [0.25, 0.3) is 0 Å². The van der Waals surface area contributed by atoms with Crippen molar-refractivity contribution in [2.75, 3.05) is 0 Å². The summed E-state index contributed by atoms with van der Waals surface area (Å²) < 4.78 is 6.44. The van der Waals surface area contributed by atoms with Crippen LogP contribution in [0, 0.1) is 0 Å². The van der Waals surface area contributed by atoms with E-state index >= 15 is 0 Å². The second kappa shape index (κ2) is 5.93. The van der Waals surface area contributed by atoms with Gasteiger partial charge >= 0.3 is 0 Å². The topological polar surface area (TPSA) is 55.2 Å². The summed E-state index contributed by atoms with van der Waals surface area (Å²) in [6.07, 6.45) is 5.02. The highest BCUT2D eigenvalue weighted by Crippen LogP contribution is 2.23. The van der Waals surface area contributed by atoms with Crippen LogP contribution in [0.2, 0.25) is 0 Å². The molecule has 0 saturated carbocycles. The van der Waals surface area contributed by atoms with Gasteiger partial charge in [0.05, 0.1) is 24.2 Å². The quantitative estimate of drug-likeness (QED) is 0.939. The van der Waals surface area contributed by atoms with Gasteiger partial charge in [-0.2, -0.15) is 0 Å². The van der Waals surface area contributed by atoms with E-state index in [1.165, 1.54) is 0 Å². The van der Waals surface area contributed by atoms with E-state index in [1.54, 1.807) is 30.7 Å². The van der Waals surface area contributed by atoms with E-state index in [0.29, 0.717) is 23.6 Å². The van der Waals surface area contributed by atoms with E-state index in [0.717, 1.165) is 4.47 Å². The van der Waals surface area contributed by atoms with Crippen molar-refractivity contribution >= 4 is 15.9 Å². The minimum absolute atomic E-state index is 0.522. The fourth-order valence-electron chi connectivity index (χ4n) is 1.44. The Labute approximate surface area is 114 Å². The molecular formula is C13H13BrN2O2. The van der Waals surface area contributed by atoms with Gasteiger partial charge in [0.2, 0.25) is 0 Å². The Kier molecular flexibility index (Phi) is 4.28. The number of aromatic nitrogens is 2. The first-order valence-corrected chi connectivity index (χ1v) is 6.40. The molecule has 0 fully saturated rings. The van der Waals surface area contributed by atoms with Crippen LogP contribution in [0.4, 0.5) is 0 Å². The van der Waals surface area contributed by atoms with Gasteiger partial charge in [-0.25, -0.2) is 0 Å². The summed E-state index contributed by atoms with van der Waals surface area (Å²) in [4.78, 5) is 8.17. The number of hydrogen-bond acceptors (Lipinski definition) is 4. The molecule has 0 aliphatic heterocycles. The molecule has 2 rings (SSSR count).